The number of esters is 1. The average Bonchev–Trinajstić information content (AvgIpc) is 3.27. The van der Waals surface area contributed by atoms with E-state index >= 15 is 0 Å². The number of furan rings is 1. The molecule has 0 aliphatic heterocycles. The lowest BCUT2D eigenvalue weighted by molar-refractivity contribution is -0.132. The minimum absolute atomic E-state index is 0.252. The van der Waals surface area contributed by atoms with Crippen molar-refractivity contribution in [3.63, 3.8) is 0 Å². The number of carbonyl (C=O) groups excluding carboxylic acids is 1. The lowest BCUT2D eigenvalue weighted by atomic mass is 10.2. The van der Waals surface area contributed by atoms with Gasteiger partial charge in [-0.15, -0.1) is 0 Å². The van der Waals surface area contributed by atoms with E-state index in [2.05, 4.69) is 41.9 Å². The molecule has 3 aromatic carbocycles. The van der Waals surface area contributed by atoms with Gasteiger partial charge in [-0.05, 0) is 64.5 Å². The molecule has 5 aromatic rings. The topological polar surface area (TPSA) is 95.9 Å². The van der Waals surface area contributed by atoms with Crippen molar-refractivity contribution in [2.45, 2.75) is 6.92 Å². The molecular weight excluding hydrogens is 594 g/mol. The molecule has 0 amide bonds. The summed E-state index contributed by atoms with van der Waals surface area (Å²) in [6.45, 7) is 1.31. The normalized spacial score (nSPS) is 11.4. The maximum Gasteiger partial charge on any atom is 0.308 e. The Balaban J connectivity index is 1.68. The van der Waals surface area contributed by atoms with E-state index in [9.17, 15) is 9.59 Å². The van der Waals surface area contributed by atoms with Crippen LogP contribution >= 0.6 is 31.9 Å². The Morgan fingerprint density at radius 1 is 1.08 bits per heavy atom. The van der Waals surface area contributed by atoms with Crippen LogP contribution in [-0.2, 0) is 4.79 Å². The van der Waals surface area contributed by atoms with Crippen LogP contribution in [0.4, 0.5) is 0 Å². The van der Waals surface area contributed by atoms with Gasteiger partial charge in [-0.25, -0.2) is 4.98 Å². The summed E-state index contributed by atoms with van der Waals surface area (Å²) in [5.41, 5.74) is 1.41. The van der Waals surface area contributed by atoms with E-state index in [0.717, 1.165) is 9.86 Å². The summed E-state index contributed by atoms with van der Waals surface area (Å²) in [6.07, 6.45) is 1.49. The maximum atomic E-state index is 13.5. The molecule has 2 aromatic heterocycles. The third-order valence-electron chi connectivity index (χ3n) is 5.30. The molecule has 0 radical (unpaired) electrons. The summed E-state index contributed by atoms with van der Waals surface area (Å²) in [4.78, 5) is 29.6. The fourth-order valence-corrected chi connectivity index (χ4v) is 4.48. The SMILES string of the molecule is COc1cc(C=Nn2c(-c3cc4cc(Br)ccc4o3)nc3ccccc3c2=O)c(Br)cc1OC(C)=O. The summed E-state index contributed by atoms with van der Waals surface area (Å²) in [7, 11) is 1.47. The molecule has 8 nitrogen and oxygen atoms in total. The zero-order chi connectivity index (χ0) is 25.4. The highest BCUT2D eigenvalue weighted by Gasteiger charge is 2.17. The zero-order valence-electron chi connectivity index (χ0n) is 19.0. The fourth-order valence-electron chi connectivity index (χ4n) is 3.68. The Morgan fingerprint density at radius 3 is 2.67 bits per heavy atom. The largest absolute Gasteiger partial charge is 0.493 e. The third kappa shape index (κ3) is 4.57. The van der Waals surface area contributed by atoms with Crippen LogP contribution in [0.5, 0.6) is 11.5 Å². The zero-order valence-corrected chi connectivity index (χ0v) is 22.2. The van der Waals surface area contributed by atoms with Crippen LogP contribution in [0, 0.1) is 0 Å². The number of aromatic nitrogens is 2. The number of methoxy groups -OCH3 is 1. The van der Waals surface area contributed by atoms with Crippen molar-refractivity contribution < 1.29 is 18.7 Å². The van der Waals surface area contributed by atoms with Gasteiger partial charge in [0.25, 0.3) is 5.56 Å². The third-order valence-corrected chi connectivity index (χ3v) is 6.48. The summed E-state index contributed by atoms with van der Waals surface area (Å²) >= 11 is 6.93. The minimum atomic E-state index is -0.474. The number of rotatable bonds is 5. The van der Waals surface area contributed by atoms with E-state index in [0.29, 0.717) is 38.0 Å². The lowest BCUT2D eigenvalue weighted by Gasteiger charge is -2.11. The molecule has 0 fully saturated rings. The fraction of sp³-hybridized carbons (Fsp3) is 0.0769. The number of ether oxygens (including phenoxy) is 2. The summed E-state index contributed by atoms with van der Waals surface area (Å²) in [5.74, 6) is 0.763. The van der Waals surface area contributed by atoms with Crippen LogP contribution in [0.2, 0.25) is 0 Å². The van der Waals surface area contributed by atoms with Crippen molar-refractivity contribution in [2.24, 2.45) is 5.10 Å². The first-order valence-electron chi connectivity index (χ1n) is 10.7. The second kappa shape index (κ2) is 9.71. The number of benzene rings is 3. The molecule has 2 heterocycles. The Morgan fingerprint density at radius 2 is 1.89 bits per heavy atom. The predicted octanol–water partition coefficient (Wildman–Crippen LogP) is 6.15. The molecule has 10 heteroatoms. The molecule has 36 heavy (non-hydrogen) atoms. The van der Waals surface area contributed by atoms with E-state index in [-0.39, 0.29) is 17.1 Å². The van der Waals surface area contributed by atoms with Crippen molar-refractivity contribution in [1.82, 2.24) is 9.66 Å². The number of halogens is 2. The van der Waals surface area contributed by atoms with Crippen LogP contribution in [0.3, 0.4) is 0 Å². The van der Waals surface area contributed by atoms with E-state index in [1.54, 1.807) is 30.3 Å². The van der Waals surface area contributed by atoms with Gasteiger partial charge in [0.15, 0.2) is 17.3 Å². The Kier molecular flexibility index (Phi) is 6.46. The smallest absolute Gasteiger partial charge is 0.308 e. The van der Waals surface area contributed by atoms with Gasteiger partial charge in [0, 0.05) is 26.8 Å². The molecule has 0 bridgehead atoms. The van der Waals surface area contributed by atoms with Crippen molar-refractivity contribution >= 4 is 65.9 Å². The molecule has 0 spiro atoms. The Bertz CT molecular complexity index is 1740. The molecule has 180 valence electrons. The quantitative estimate of drug-likeness (QED) is 0.135. The highest BCUT2D eigenvalue weighted by atomic mass is 79.9. The molecule has 0 aliphatic carbocycles. The van der Waals surface area contributed by atoms with Gasteiger partial charge in [0.1, 0.15) is 5.58 Å². The van der Waals surface area contributed by atoms with Gasteiger partial charge in [-0.1, -0.05) is 28.1 Å². The lowest BCUT2D eigenvalue weighted by Crippen LogP contribution is -2.20. The number of carbonyl (C=O) groups is 1. The predicted molar refractivity (Wildman–Crippen MR) is 144 cm³/mol. The van der Waals surface area contributed by atoms with Crippen molar-refractivity contribution in [2.75, 3.05) is 7.11 Å². The van der Waals surface area contributed by atoms with Crippen molar-refractivity contribution in [1.29, 1.82) is 0 Å². The number of fused-ring (bicyclic) bond motifs is 2. The van der Waals surface area contributed by atoms with E-state index < -0.39 is 5.97 Å². The number of hydrogen-bond acceptors (Lipinski definition) is 7. The summed E-state index contributed by atoms with van der Waals surface area (Å²) in [6, 6.07) is 17.7. The molecule has 5 rings (SSSR count). The molecule has 0 saturated carbocycles. The maximum absolute atomic E-state index is 13.5. The Hall–Kier alpha value is -3.76. The van der Waals surface area contributed by atoms with Gasteiger partial charge in [-0.3, -0.25) is 9.59 Å². The van der Waals surface area contributed by atoms with Crippen LogP contribution in [0.15, 0.2) is 83.9 Å². The van der Waals surface area contributed by atoms with Gasteiger partial charge < -0.3 is 13.9 Å². The molecule has 0 unspecified atom stereocenters. The highest BCUT2D eigenvalue weighted by molar-refractivity contribution is 9.10. The first-order chi connectivity index (χ1) is 17.3. The van der Waals surface area contributed by atoms with Crippen LogP contribution in [-0.4, -0.2) is 29.0 Å². The van der Waals surface area contributed by atoms with Gasteiger partial charge in [-0.2, -0.15) is 9.78 Å². The number of nitrogens with zero attached hydrogens (tertiary/aromatic N) is 3. The first-order valence-corrected chi connectivity index (χ1v) is 12.2. The second-order valence-electron chi connectivity index (χ2n) is 7.73. The van der Waals surface area contributed by atoms with Crippen molar-refractivity contribution in [3.8, 4) is 23.1 Å². The van der Waals surface area contributed by atoms with Gasteiger partial charge in [0.2, 0.25) is 5.82 Å². The molecule has 0 aliphatic rings. The minimum Gasteiger partial charge on any atom is -0.493 e. The molecule has 0 atom stereocenters. The molecule has 0 saturated heterocycles. The molecule has 0 N–H and O–H groups in total. The van der Waals surface area contributed by atoms with Crippen LogP contribution < -0.4 is 15.0 Å². The summed E-state index contributed by atoms with van der Waals surface area (Å²) in [5, 5.41) is 5.74. The summed E-state index contributed by atoms with van der Waals surface area (Å²) < 4.78 is 19.3. The average molecular weight is 611 g/mol. The molecular formula is C26H17Br2N3O5. The monoisotopic (exact) mass is 609 g/mol. The van der Waals surface area contributed by atoms with E-state index in [4.69, 9.17) is 13.9 Å². The standard InChI is InChI=1S/C26H17Br2N3O5/c1-14(32)35-23-12-19(28)16(11-22(23)34-2)13-29-31-25(30-20-6-4-3-5-18(20)26(31)33)24-10-15-9-17(27)7-8-21(15)36-24/h3-13H,1-2H3. The second-order valence-corrected chi connectivity index (χ2v) is 9.50. The van der Waals surface area contributed by atoms with Crippen molar-refractivity contribution in [3.05, 3.63) is 85.5 Å². The first kappa shape index (κ1) is 24.0. The number of para-hydroxylation sites is 1. The van der Waals surface area contributed by atoms with Crippen LogP contribution in [0.1, 0.15) is 12.5 Å². The van der Waals surface area contributed by atoms with E-state index in [1.807, 2.05) is 30.3 Å². The number of hydrogen-bond donors (Lipinski definition) is 0. The highest BCUT2D eigenvalue weighted by Crippen LogP contribution is 2.33. The van der Waals surface area contributed by atoms with Gasteiger partial charge in [0.05, 0.1) is 24.2 Å². The van der Waals surface area contributed by atoms with Crippen LogP contribution in [0.25, 0.3) is 33.5 Å². The van der Waals surface area contributed by atoms with E-state index in [1.165, 1.54) is 24.9 Å². The Labute approximate surface area is 221 Å². The van der Waals surface area contributed by atoms with Gasteiger partial charge >= 0.3 is 5.97 Å².